The van der Waals surface area contributed by atoms with Crippen molar-refractivity contribution in [3.8, 4) is 0 Å². The van der Waals surface area contributed by atoms with Gasteiger partial charge in [0.15, 0.2) is 5.82 Å². The number of hydrogen-bond donors (Lipinski definition) is 1. The number of hydrogen-bond acceptors (Lipinski definition) is 6. The molecule has 0 saturated carbocycles. The van der Waals surface area contributed by atoms with E-state index in [9.17, 15) is 0 Å². The highest BCUT2D eigenvalue weighted by Crippen LogP contribution is 2.23. The molecule has 1 aromatic rings. The predicted octanol–water partition coefficient (Wildman–Crippen LogP) is 1.59. The second-order valence-corrected chi connectivity index (χ2v) is 5.32. The molecule has 2 rings (SSSR count). The largest absolute Gasteiger partial charge is 0.377 e. The van der Waals surface area contributed by atoms with Crippen LogP contribution in [0.5, 0.6) is 0 Å². The maximum absolute atomic E-state index is 5.16. The summed E-state index contributed by atoms with van der Waals surface area (Å²) in [4.78, 5) is 13.9. The number of nitrogens with one attached hydrogen (secondary N) is 1. The van der Waals surface area contributed by atoms with Crippen LogP contribution in [-0.4, -0.2) is 61.2 Å². The zero-order chi connectivity index (χ0) is 15.2. The molecular formula is C15H27N5O. The lowest BCUT2D eigenvalue weighted by molar-refractivity contribution is 0.178. The second-order valence-electron chi connectivity index (χ2n) is 5.32. The fourth-order valence-corrected chi connectivity index (χ4v) is 2.95. The van der Waals surface area contributed by atoms with Crippen molar-refractivity contribution in [1.29, 1.82) is 0 Å². The van der Waals surface area contributed by atoms with Crippen molar-refractivity contribution in [2.24, 2.45) is 0 Å². The van der Waals surface area contributed by atoms with E-state index in [1.54, 1.807) is 7.11 Å². The van der Waals surface area contributed by atoms with E-state index in [0.717, 1.165) is 43.6 Å². The van der Waals surface area contributed by atoms with Gasteiger partial charge in [0.25, 0.3) is 0 Å². The van der Waals surface area contributed by atoms with E-state index in [1.165, 1.54) is 6.42 Å². The van der Waals surface area contributed by atoms with Crippen molar-refractivity contribution >= 4 is 11.6 Å². The van der Waals surface area contributed by atoms with Crippen LogP contribution in [0.3, 0.4) is 0 Å². The minimum Gasteiger partial charge on any atom is -0.377 e. The van der Waals surface area contributed by atoms with Gasteiger partial charge in [0.1, 0.15) is 18.2 Å². The average molecular weight is 293 g/mol. The van der Waals surface area contributed by atoms with Gasteiger partial charge in [-0.1, -0.05) is 13.8 Å². The monoisotopic (exact) mass is 293 g/mol. The highest BCUT2D eigenvalue weighted by molar-refractivity contribution is 5.50. The van der Waals surface area contributed by atoms with Gasteiger partial charge in [-0.05, 0) is 19.5 Å². The first-order valence-corrected chi connectivity index (χ1v) is 7.75. The topological polar surface area (TPSA) is 53.5 Å². The second kappa shape index (κ2) is 7.56. The zero-order valence-electron chi connectivity index (χ0n) is 13.6. The number of rotatable bonds is 7. The van der Waals surface area contributed by atoms with E-state index in [0.29, 0.717) is 12.6 Å². The molecule has 1 atom stereocenters. The van der Waals surface area contributed by atoms with Crippen LogP contribution in [0, 0.1) is 0 Å². The molecule has 2 heterocycles. The van der Waals surface area contributed by atoms with E-state index in [-0.39, 0.29) is 0 Å². The average Bonchev–Trinajstić information content (AvgIpc) is 2.98. The molecule has 118 valence electrons. The first kappa shape index (κ1) is 16.0. The smallest absolute Gasteiger partial charge is 0.158 e. The van der Waals surface area contributed by atoms with Crippen LogP contribution in [-0.2, 0) is 11.3 Å². The molecule has 0 aliphatic carbocycles. The molecule has 1 fully saturated rings. The maximum atomic E-state index is 5.16. The van der Waals surface area contributed by atoms with Gasteiger partial charge in [-0.2, -0.15) is 0 Å². The van der Waals surface area contributed by atoms with E-state index < -0.39 is 0 Å². The van der Waals surface area contributed by atoms with E-state index >= 15 is 0 Å². The third-order valence-corrected chi connectivity index (χ3v) is 4.10. The third-order valence-electron chi connectivity index (χ3n) is 4.10. The van der Waals surface area contributed by atoms with Crippen LogP contribution in [0.25, 0.3) is 0 Å². The molecule has 1 aromatic heterocycles. The molecule has 6 heteroatoms. The summed E-state index contributed by atoms with van der Waals surface area (Å²) in [6.45, 7) is 9.20. The van der Waals surface area contributed by atoms with Crippen LogP contribution in [0.2, 0.25) is 0 Å². The Morgan fingerprint density at radius 2 is 2.14 bits per heavy atom. The third kappa shape index (κ3) is 3.83. The zero-order valence-corrected chi connectivity index (χ0v) is 13.6. The van der Waals surface area contributed by atoms with Crippen molar-refractivity contribution in [3.63, 3.8) is 0 Å². The highest BCUT2D eigenvalue weighted by atomic mass is 16.5. The minimum absolute atomic E-state index is 0.440. The van der Waals surface area contributed by atoms with Crippen molar-refractivity contribution in [3.05, 3.63) is 11.9 Å². The molecule has 0 spiro atoms. The van der Waals surface area contributed by atoms with Gasteiger partial charge in [0, 0.05) is 39.4 Å². The molecule has 1 unspecified atom stereocenters. The lowest BCUT2D eigenvalue weighted by Crippen LogP contribution is -2.37. The number of ether oxygens (including phenoxy) is 1. The Bertz CT molecular complexity index is 450. The molecule has 1 saturated heterocycles. The first-order chi connectivity index (χ1) is 10.2. The van der Waals surface area contributed by atoms with Gasteiger partial charge < -0.3 is 15.0 Å². The summed E-state index contributed by atoms with van der Waals surface area (Å²) < 4.78 is 5.16. The number of nitrogens with zero attached hydrogens (tertiary/aromatic N) is 4. The lowest BCUT2D eigenvalue weighted by Gasteiger charge is -2.26. The Hall–Kier alpha value is -1.40. The Morgan fingerprint density at radius 1 is 1.38 bits per heavy atom. The number of methoxy groups -OCH3 is 1. The fourth-order valence-electron chi connectivity index (χ4n) is 2.95. The van der Waals surface area contributed by atoms with E-state index in [4.69, 9.17) is 4.74 Å². The summed E-state index contributed by atoms with van der Waals surface area (Å²) in [7, 11) is 3.55. The SMILES string of the molecule is CCN(CC)C1CCN(c2cc(NC)nc(COC)n2)C1. The molecule has 21 heavy (non-hydrogen) atoms. The number of aromatic nitrogens is 2. The Labute approximate surface area is 127 Å². The van der Waals surface area contributed by atoms with Gasteiger partial charge >= 0.3 is 0 Å². The van der Waals surface area contributed by atoms with Gasteiger partial charge in [0.2, 0.25) is 0 Å². The Morgan fingerprint density at radius 3 is 2.76 bits per heavy atom. The van der Waals surface area contributed by atoms with Crippen LogP contribution < -0.4 is 10.2 Å². The molecule has 0 aromatic carbocycles. The highest BCUT2D eigenvalue weighted by Gasteiger charge is 2.27. The Kier molecular flexibility index (Phi) is 5.76. The molecular weight excluding hydrogens is 266 g/mol. The molecule has 0 radical (unpaired) electrons. The normalized spacial score (nSPS) is 18.5. The standard InChI is InChI=1S/C15H27N5O/c1-5-19(6-2)12-7-8-20(10-12)15-9-13(16-3)17-14(18-15)11-21-4/h9,12H,5-8,10-11H2,1-4H3,(H,16,17,18). The summed E-state index contributed by atoms with van der Waals surface area (Å²) in [5.41, 5.74) is 0. The fraction of sp³-hybridized carbons (Fsp3) is 0.733. The van der Waals surface area contributed by atoms with Crippen LogP contribution in [0.15, 0.2) is 6.07 Å². The first-order valence-electron chi connectivity index (χ1n) is 7.75. The van der Waals surface area contributed by atoms with Crippen molar-refractivity contribution in [2.75, 3.05) is 50.6 Å². The van der Waals surface area contributed by atoms with Crippen molar-refractivity contribution < 1.29 is 4.74 Å². The molecule has 0 amide bonds. The number of anilines is 2. The summed E-state index contributed by atoms with van der Waals surface area (Å²) in [6, 6.07) is 2.64. The van der Waals surface area contributed by atoms with Gasteiger partial charge in [-0.25, -0.2) is 9.97 Å². The summed E-state index contributed by atoms with van der Waals surface area (Å²) in [6.07, 6.45) is 1.19. The van der Waals surface area contributed by atoms with Gasteiger partial charge in [-0.15, -0.1) is 0 Å². The van der Waals surface area contributed by atoms with Crippen molar-refractivity contribution in [1.82, 2.24) is 14.9 Å². The number of likely N-dealkylation sites (N-methyl/N-ethyl adjacent to an activating group) is 1. The van der Waals surface area contributed by atoms with E-state index in [2.05, 4.69) is 38.9 Å². The molecule has 1 aliphatic rings. The van der Waals surface area contributed by atoms with Crippen LogP contribution in [0.4, 0.5) is 11.6 Å². The van der Waals surface area contributed by atoms with Gasteiger partial charge in [0.05, 0.1) is 0 Å². The van der Waals surface area contributed by atoms with Crippen LogP contribution >= 0.6 is 0 Å². The van der Waals surface area contributed by atoms with Gasteiger partial charge in [-0.3, -0.25) is 4.90 Å². The Balaban J connectivity index is 2.13. The molecule has 6 nitrogen and oxygen atoms in total. The molecule has 0 bridgehead atoms. The minimum atomic E-state index is 0.440. The predicted molar refractivity (Wildman–Crippen MR) is 85.8 cm³/mol. The summed E-state index contributed by atoms with van der Waals surface area (Å²) in [5, 5.41) is 3.10. The van der Waals surface area contributed by atoms with E-state index in [1.807, 2.05) is 13.1 Å². The molecule has 1 N–H and O–H groups in total. The quantitative estimate of drug-likeness (QED) is 0.824. The summed E-state index contributed by atoms with van der Waals surface area (Å²) >= 11 is 0. The summed E-state index contributed by atoms with van der Waals surface area (Å²) in [5.74, 6) is 2.57. The maximum Gasteiger partial charge on any atom is 0.158 e. The lowest BCUT2D eigenvalue weighted by atomic mass is 10.2. The van der Waals surface area contributed by atoms with Crippen molar-refractivity contribution in [2.45, 2.75) is 32.9 Å². The molecule has 1 aliphatic heterocycles. The van der Waals surface area contributed by atoms with Crippen LogP contribution in [0.1, 0.15) is 26.1 Å².